The average Bonchev–Trinajstić information content (AvgIpc) is 3.50. The molecular formula is C32H33F4N5O2S. The van der Waals surface area contributed by atoms with Crippen molar-refractivity contribution in [3.05, 3.63) is 40.7 Å². The van der Waals surface area contributed by atoms with Gasteiger partial charge in [-0.15, -0.1) is 11.3 Å². The molecule has 6 heterocycles. The predicted molar refractivity (Wildman–Crippen MR) is 163 cm³/mol. The van der Waals surface area contributed by atoms with Crippen LogP contribution in [0.15, 0.2) is 12.1 Å². The highest BCUT2D eigenvalue weighted by atomic mass is 32.1. The lowest BCUT2D eigenvalue weighted by Crippen LogP contribution is -2.43. The Hall–Kier alpha value is -3.22. The van der Waals surface area contributed by atoms with Crippen molar-refractivity contribution in [2.75, 3.05) is 50.1 Å². The van der Waals surface area contributed by atoms with Crippen LogP contribution in [0.1, 0.15) is 43.2 Å². The highest BCUT2D eigenvalue weighted by Crippen LogP contribution is 2.47. The number of nitrogens with two attached hydrogens (primary N) is 1. The molecule has 0 amide bonds. The second kappa shape index (κ2) is 10.4. The van der Waals surface area contributed by atoms with E-state index in [-0.39, 0.29) is 40.0 Å². The highest BCUT2D eigenvalue weighted by molar-refractivity contribution is 7.23. The maximum absolute atomic E-state index is 16.9. The van der Waals surface area contributed by atoms with Crippen LogP contribution in [0.3, 0.4) is 0 Å². The number of alkyl halides is 1. The van der Waals surface area contributed by atoms with Crippen LogP contribution in [0.5, 0.6) is 6.01 Å². The van der Waals surface area contributed by atoms with Gasteiger partial charge in [0, 0.05) is 37.1 Å². The summed E-state index contributed by atoms with van der Waals surface area (Å²) in [5.74, 6) is -1.64. The number of halogens is 4. The first kappa shape index (κ1) is 28.3. The Kier molecular flexibility index (Phi) is 6.69. The van der Waals surface area contributed by atoms with Gasteiger partial charge in [0.15, 0.2) is 5.82 Å². The SMILES string of the molecule is Cc1c(N)sc2c(F)ccc(-c3c(F)c4c5c(nc(OC[C@@]67CCCN6C[C@H](F)C7)nc5c3F)N3CCCOC[C@@H]3CC4)c12. The first-order valence-corrected chi connectivity index (χ1v) is 16.1. The first-order chi connectivity index (χ1) is 21.3. The first-order valence-electron chi connectivity index (χ1n) is 15.3. The van der Waals surface area contributed by atoms with Crippen molar-refractivity contribution in [3.63, 3.8) is 0 Å². The van der Waals surface area contributed by atoms with Gasteiger partial charge in [-0.05, 0) is 62.8 Å². The van der Waals surface area contributed by atoms with Crippen LogP contribution < -0.4 is 15.4 Å². The fourth-order valence-corrected chi connectivity index (χ4v) is 8.94. The van der Waals surface area contributed by atoms with Gasteiger partial charge in [0.25, 0.3) is 0 Å². The molecule has 2 aromatic heterocycles. The second-order valence-corrected chi connectivity index (χ2v) is 13.7. The molecule has 4 aliphatic heterocycles. The van der Waals surface area contributed by atoms with Gasteiger partial charge >= 0.3 is 6.01 Å². The average molecular weight is 628 g/mol. The molecule has 7 nitrogen and oxygen atoms in total. The Morgan fingerprint density at radius 2 is 2.00 bits per heavy atom. The zero-order valence-corrected chi connectivity index (χ0v) is 25.2. The van der Waals surface area contributed by atoms with Crippen LogP contribution in [0.25, 0.3) is 32.1 Å². The van der Waals surface area contributed by atoms with Gasteiger partial charge in [-0.25, -0.2) is 17.6 Å². The summed E-state index contributed by atoms with van der Waals surface area (Å²) in [6, 6.07) is 2.52. The largest absolute Gasteiger partial charge is 0.461 e. The fourth-order valence-electron chi connectivity index (χ4n) is 7.94. The Balaban J connectivity index is 1.34. The number of aromatic nitrogens is 2. The number of aryl methyl sites for hydroxylation is 2. The molecule has 8 rings (SSSR count). The fraction of sp³-hybridized carbons (Fsp3) is 0.500. The Morgan fingerprint density at radius 1 is 1.14 bits per heavy atom. The molecule has 0 saturated carbocycles. The number of thiophene rings is 1. The molecule has 0 aliphatic carbocycles. The molecule has 4 aliphatic rings. The summed E-state index contributed by atoms with van der Waals surface area (Å²) in [6.07, 6.45) is 2.83. The van der Waals surface area contributed by atoms with Crippen molar-refractivity contribution in [1.29, 1.82) is 0 Å². The number of rotatable bonds is 4. The quantitative estimate of drug-likeness (QED) is 0.266. The van der Waals surface area contributed by atoms with Crippen LogP contribution in [-0.4, -0.2) is 72.1 Å². The number of fused-ring (bicyclic) bond motifs is 4. The molecule has 3 fully saturated rings. The van der Waals surface area contributed by atoms with Crippen LogP contribution >= 0.6 is 11.3 Å². The van der Waals surface area contributed by atoms with Gasteiger partial charge in [0.05, 0.1) is 38.8 Å². The molecule has 0 spiro atoms. The van der Waals surface area contributed by atoms with E-state index in [1.165, 1.54) is 12.1 Å². The van der Waals surface area contributed by atoms with Gasteiger partial charge in [-0.3, -0.25) is 4.90 Å². The van der Waals surface area contributed by atoms with Gasteiger partial charge in [0.1, 0.15) is 35.7 Å². The smallest absolute Gasteiger partial charge is 0.319 e. The molecule has 44 heavy (non-hydrogen) atoms. The Bertz CT molecular complexity index is 1820. The van der Waals surface area contributed by atoms with E-state index in [1.54, 1.807) is 6.92 Å². The molecule has 0 radical (unpaired) electrons. The molecule has 4 aromatic rings. The monoisotopic (exact) mass is 627 g/mol. The summed E-state index contributed by atoms with van der Waals surface area (Å²) < 4.78 is 75.4. The van der Waals surface area contributed by atoms with Gasteiger partial charge in [-0.2, -0.15) is 9.97 Å². The third-order valence-corrected chi connectivity index (χ3v) is 11.2. The molecule has 232 valence electrons. The van der Waals surface area contributed by atoms with E-state index >= 15 is 8.78 Å². The minimum absolute atomic E-state index is 0.0236. The van der Waals surface area contributed by atoms with Crippen molar-refractivity contribution in [1.82, 2.24) is 14.9 Å². The van der Waals surface area contributed by atoms with Crippen molar-refractivity contribution in [2.45, 2.75) is 63.2 Å². The molecule has 0 unspecified atom stereocenters. The molecule has 3 atom stereocenters. The third-order valence-electron chi connectivity index (χ3n) is 10.1. The van der Waals surface area contributed by atoms with Crippen LogP contribution in [0.2, 0.25) is 0 Å². The molecule has 2 aromatic carbocycles. The van der Waals surface area contributed by atoms with Crippen LogP contribution in [-0.2, 0) is 11.2 Å². The molecular weight excluding hydrogens is 594 g/mol. The molecule has 3 saturated heterocycles. The van der Waals surface area contributed by atoms with E-state index in [0.29, 0.717) is 78.3 Å². The van der Waals surface area contributed by atoms with Crippen LogP contribution in [0, 0.1) is 24.4 Å². The number of ether oxygens (including phenoxy) is 2. The van der Waals surface area contributed by atoms with E-state index in [0.717, 1.165) is 37.1 Å². The number of benzene rings is 2. The summed E-state index contributed by atoms with van der Waals surface area (Å²) in [5.41, 5.74) is 6.52. The molecule has 12 heteroatoms. The van der Waals surface area contributed by atoms with Gasteiger partial charge < -0.3 is 20.1 Å². The number of anilines is 2. The number of hydrogen-bond donors (Lipinski definition) is 1. The number of nitrogen functional groups attached to an aromatic ring is 1. The number of nitrogens with zero attached hydrogens (tertiary/aromatic N) is 4. The van der Waals surface area contributed by atoms with Gasteiger partial charge in [-0.1, -0.05) is 6.07 Å². The zero-order valence-electron chi connectivity index (χ0n) is 24.4. The van der Waals surface area contributed by atoms with E-state index in [1.807, 2.05) is 0 Å². The minimum Gasteiger partial charge on any atom is -0.461 e. The lowest BCUT2D eigenvalue weighted by molar-refractivity contribution is 0.107. The lowest BCUT2D eigenvalue weighted by Gasteiger charge is -2.31. The Morgan fingerprint density at radius 3 is 2.86 bits per heavy atom. The summed E-state index contributed by atoms with van der Waals surface area (Å²) in [7, 11) is 0. The summed E-state index contributed by atoms with van der Waals surface area (Å²) in [6.45, 7) is 4.73. The summed E-state index contributed by atoms with van der Waals surface area (Å²) in [5, 5.41) is 1.11. The number of hydrogen-bond acceptors (Lipinski definition) is 8. The van der Waals surface area contributed by atoms with E-state index in [9.17, 15) is 8.78 Å². The highest BCUT2D eigenvalue weighted by Gasteiger charge is 2.49. The van der Waals surface area contributed by atoms with Crippen molar-refractivity contribution >= 4 is 43.1 Å². The van der Waals surface area contributed by atoms with Crippen molar-refractivity contribution < 1.29 is 27.0 Å². The molecule has 0 bridgehead atoms. The topological polar surface area (TPSA) is 76.7 Å². The zero-order chi connectivity index (χ0) is 30.3. The second-order valence-electron chi connectivity index (χ2n) is 12.6. The van der Waals surface area contributed by atoms with E-state index < -0.39 is 29.2 Å². The van der Waals surface area contributed by atoms with E-state index in [2.05, 4.69) is 14.8 Å². The normalized spacial score (nSPS) is 25.3. The van der Waals surface area contributed by atoms with Crippen molar-refractivity contribution in [3.8, 4) is 17.1 Å². The van der Waals surface area contributed by atoms with Crippen molar-refractivity contribution in [2.24, 2.45) is 0 Å². The maximum Gasteiger partial charge on any atom is 0.319 e. The summed E-state index contributed by atoms with van der Waals surface area (Å²) >= 11 is 1.06. The third kappa shape index (κ3) is 4.20. The standard InChI is InChI=1S/C32H33F4N5O2S/c1-16-22-19(6-7-21(34)28(22)44-29(16)37)23-25(35)20-5-4-18-14-42-11-3-10-41(18)30-24(20)27(26(23)36)38-31(39-30)43-15-32-8-2-9-40(32)13-17(33)12-32/h6-7,17-18H,2-5,8-15,37H2,1H3/t17-,18+,32+/m1/s1. The predicted octanol–water partition coefficient (Wildman–Crippen LogP) is 6.32. The Labute approximate surface area is 255 Å². The minimum atomic E-state index is -0.924. The van der Waals surface area contributed by atoms with E-state index in [4.69, 9.17) is 20.2 Å². The van der Waals surface area contributed by atoms with Gasteiger partial charge in [0.2, 0.25) is 0 Å². The summed E-state index contributed by atoms with van der Waals surface area (Å²) in [4.78, 5) is 13.6. The van der Waals surface area contributed by atoms with Crippen LogP contribution in [0.4, 0.5) is 28.4 Å². The maximum atomic E-state index is 16.9. The lowest BCUT2D eigenvalue weighted by atomic mass is 9.92. The molecule has 2 N–H and O–H groups in total.